The smallest absolute Gasteiger partial charge is 0.243 e. The number of amides is 1. The van der Waals surface area contributed by atoms with E-state index >= 15 is 0 Å². The number of nitrogens with one attached hydrogen (secondary N) is 1. The molecule has 130 valence electrons. The van der Waals surface area contributed by atoms with Gasteiger partial charge >= 0.3 is 0 Å². The first-order chi connectivity index (χ1) is 12.2. The fourth-order valence-electron chi connectivity index (χ4n) is 2.89. The number of aromatic nitrogens is 5. The van der Waals surface area contributed by atoms with Crippen molar-refractivity contribution in [3.8, 4) is 11.6 Å². The van der Waals surface area contributed by atoms with Gasteiger partial charge in [-0.15, -0.1) is 10.2 Å². The van der Waals surface area contributed by atoms with Crippen LogP contribution in [0.15, 0.2) is 45.5 Å². The Morgan fingerprint density at radius 2 is 2.28 bits per heavy atom. The predicted molar refractivity (Wildman–Crippen MR) is 91.0 cm³/mol. The van der Waals surface area contributed by atoms with E-state index in [-0.39, 0.29) is 11.9 Å². The van der Waals surface area contributed by atoms with Gasteiger partial charge in [-0.05, 0) is 43.2 Å². The van der Waals surface area contributed by atoms with Crippen LogP contribution in [-0.2, 0) is 11.8 Å². The molecule has 3 aromatic heterocycles. The second-order valence-corrected chi connectivity index (χ2v) is 6.88. The number of carbonyl (C=O) groups excluding carboxylic acids is 1. The van der Waals surface area contributed by atoms with Crippen LogP contribution in [-0.4, -0.2) is 36.8 Å². The highest BCUT2D eigenvalue weighted by Crippen LogP contribution is 2.32. The summed E-state index contributed by atoms with van der Waals surface area (Å²) in [5.41, 5.74) is 0. The minimum absolute atomic E-state index is 0.0389. The summed E-state index contributed by atoms with van der Waals surface area (Å²) in [7, 11) is 1.88. The lowest BCUT2D eigenvalue weighted by atomic mass is 10.1. The highest BCUT2D eigenvalue weighted by molar-refractivity contribution is 7.99. The predicted octanol–water partition coefficient (Wildman–Crippen LogP) is 2.26. The van der Waals surface area contributed by atoms with E-state index in [1.54, 1.807) is 12.5 Å². The Kier molecular flexibility index (Phi) is 4.31. The summed E-state index contributed by atoms with van der Waals surface area (Å²) < 4.78 is 9.64. The summed E-state index contributed by atoms with van der Waals surface area (Å²) in [5, 5.41) is 12.3. The van der Waals surface area contributed by atoms with Gasteiger partial charge in [-0.25, -0.2) is 4.98 Å². The van der Waals surface area contributed by atoms with Crippen LogP contribution < -0.4 is 5.32 Å². The van der Waals surface area contributed by atoms with Gasteiger partial charge in [0.1, 0.15) is 12.4 Å². The van der Waals surface area contributed by atoms with Crippen molar-refractivity contribution < 1.29 is 9.21 Å². The molecule has 4 heterocycles. The molecule has 0 saturated carbocycles. The van der Waals surface area contributed by atoms with Crippen LogP contribution in [0.3, 0.4) is 0 Å². The fraction of sp³-hybridized carbons (Fsp3) is 0.375. The van der Waals surface area contributed by atoms with Crippen LogP contribution in [0.4, 0.5) is 0 Å². The maximum Gasteiger partial charge on any atom is 0.243 e. The van der Waals surface area contributed by atoms with E-state index < -0.39 is 0 Å². The van der Waals surface area contributed by atoms with Gasteiger partial charge in [-0.1, -0.05) is 0 Å². The number of imidazole rings is 1. The number of furan rings is 1. The molecule has 1 aliphatic heterocycles. The SMILES string of the molecule is Cn1cnnc1Sc1ccc(-c2nccn2C2CCCCNC2=O)o1. The molecule has 9 heteroatoms. The fourth-order valence-corrected chi connectivity index (χ4v) is 3.62. The summed E-state index contributed by atoms with van der Waals surface area (Å²) in [6.45, 7) is 0.735. The molecular formula is C16H18N6O2S. The van der Waals surface area contributed by atoms with Gasteiger partial charge in [0.2, 0.25) is 5.91 Å². The van der Waals surface area contributed by atoms with Gasteiger partial charge in [-0.3, -0.25) is 4.79 Å². The molecular weight excluding hydrogens is 340 g/mol. The highest BCUT2D eigenvalue weighted by Gasteiger charge is 2.25. The lowest BCUT2D eigenvalue weighted by Gasteiger charge is -2.16. The third kappa shape index (κ3) is 3.19. The molecule has 1 fully saturated rings. The molecule has 1 atom stereocenters. The molecule has 1 unspecified atom stereocenters. The number of carbonyl (C=O) groups is 1. The Morgan fingerprint density at radius 1 is 1.36 bits per heavy atom. The van der Waals surface area contributed by atoms with E-state index in [4.69, 9.17) is 4.42 Å². The zero-order valence-electron chi connectivity index (χ0n) is 13.8. The third-order valence-electron chi connectivity index (χ3n) is 4.17. The zero-order chi connectivity index (χ0) is 17.2. The molecule has 1 saturated heterocycles. The van der Waals surface area contributed by atoms with E-state index in [2.05, 4.69) is 20.5 Å². The summed E-state index contributed by atoms with van der Waals surface area (Å²) in [5.74, 6) is 1.33. The summed E-state index contributed by atoms with van der Waals surface area (Å²) in [6.07, 6.45) is 7.99. The molecule has 0 aromatic carbocycles. The number of hydrogen-bond acceptors (Lipinski definition) is 6. The van der Waals surface area contributed by atoms with E-state index in [1.807, 2.05) is 34.5 Å². The van der Waals surface area contributed by atoms with Crippen molar-refractivity contribution in [3.63, 3.8) is 0 Å². The van der Waals surface area contributed by atoms with Gasteiger partial charge in [-0.2, -0.15) is 0 Å². The van der Waals surface area contributed by atoms with Crippen LogP contribution in [0.2, 0.25) is 0 Å². The van der Waals surface area contributed by atoms with Crippen molar-refractivity contribution in [1.29, 1.82) is 0 Å². The van der Waals surface area contributed by atoms with Gasteiger partial charge < -0.3 is 18.9 Å². The molecule has 25 heavy (non-hydrogen) atoms. The quantitative estimate of drug-likeness (QED) is 0.769. The Balaban J connectivity index is 1.60. The molecule has 3 aromatic rings. The van der Waals surface area contributed by atoms with E-state index in [0.29, 0.717) is 16.7 Å². The Labute approximate surface area is 148 Å². The van der Waals surface area contributed by atoms with E-state index in [9.17, 15) is 4.79 Å². The number of hydrogen-bond donors (Lipinski definition) is 1. The Bertz CT molecular complexity index is 883. The largest absolute Gasteiger partial charge is 0.446 e. The molecule has 0 spiro atoms. The lowest BCUT2D eigenvalue weighted by molar-refractivity contribution is -0.124. The molecule has 0 bridgehead atoms. The topological polar surface area (TPSA) is 90.8 Å². The molecule has 8 nitrogen and oxygen atoms in total. The summed E-state index contributed by atoms with van der Waals surface area (Å²) in [4.78, 5) is 16.7. The van der Waals surface area contributed by atoms with Gasteiger partial charge in [0.25, 0.3) is 0 Å². The van der Waals surface area contributed by atoms with Crippen molar-refractivity contribution in [3.05, 3.63) is 30.9 Å². The average molecular weight is 358 g/mol. The van der Waals surface area contributed by atoms with Crippen molar-refractivity contribution in [2.75, 3.05) is 6.54 Å². The van der Waals surface area contributed by atoms with Crippen LogP contribution in [0.5, 0.6) is 0 Å². The lowest BCUT2D eigenvalue weighted by Crippen LogP contribution is -2.30. The van der Waals surface area contributed by atoms with Gasteiger partial charge in [0.05, 0.1) is 0 Å². The first-order valence-corrected chi connectivity index (χ1v) is 8.96. The second-order valence-electron chi connectivity index (χ2n) is 5.91. The van der Waals surface area contributed by atoms with Gasteiger partial charge in [0, 0.05) is 26.0 Å². The Morgan fingerprint density at radius 3 is 3.12 bits per heavy atom. The Hall–Kier alpha value is -2.55. The number of aryl methyl sites for hydroxylation is 1. The van der Waals surface area contributed by atoms with Crippen LogP contribution in [0, 0.1) is 0 Å². The third-order valence-corrected chi connectivity index (χ3v) is 5.15. The van der Waals surface area contributed by atoms with Crippen molar-refractivity contribution in [2.45, 2.75) is 35.6 Å². The zero-order valence-corrected chi connectivity index (χ0v) is 14.6. The van der Waals surface area contributed by atoms with Crippen LogP contribution in [0.1, 0.15) is 25.3 Å². The minimum atomic E-state index is -0.250. The normalized spacial score (nSPS) is 18.1. The van der Waals surface area contributed by atoms with Crippen molar-refractivity contribution >= 4 is 17.7 Å². The minimum Gasteiger partial charge on any atom is -0.446 e. The standard InChI is InChI=1S/C16H18N6O2S/c1-21-10-19-20-16(21)25-13-6-5-12(24-13)14-17-8-9-22(14)11-4-2-3-7-18-15(11)23/h5-6,8-11H,2-4,7H2,1H3,(H,18,23). The number of nitrogens with zero attached hydrogens (tertiary/aromatic N) is 5. The molecule has 0 radical (unpaired) electrons. The monoisotopic (exact) mass is 358 g/mol. The van der Waals surface area contributed by atoms with Crippen LogP contribution >= 0.6 is 11.8 Å². The number of rotatable bonds is 4. The molecule has 1 aliphatic rings. The van der Waals surface area contributed by atoms with Crippen LogP contribution in [0.25, 0.3) is 11.6 Å². The second kappa shape index (κ2) is 6.75. The molecule has 1 amide bonds. The summed E-state index contributed by atoms with van der Waals surface area (Å²) in [6, 6.07) is 3.49. The van der Waals surface area contributed by atoms with Crippen molar-refractivity contribution in [1.82, 2.24) is 29.6 Å². The molecule has 0 aliphatic carbocycles. The average Bonchev–Trinajstić information content (AvgIpc) is 3.30. The van der Waals surface area contributed by atoms with E-state index in [0.717, 1.165) is 31.0 Å². The molecule has 4 rings (SSSR count). The van der Waals surface area contributed by atoms with E-state index in [1.165, 1.54) is 11.8 Å². The first-order valence-electron chi connectivity index (χ1n) is 8.15. The maximum absolute atomic E-state index is 12.3. The van der Waals surface area contributed by atoms with Crippen molar-refractivity contribution in [2.24, 2.45) is 7.05 Å². The first kappa shape index (κ1) is 15.9. The maximum atomic E-state index is 12.3. The van der Waals surface area contributed by atoms with Gasteiger partial charge in [0.15, 0.2) is 21.8 Å². The summed E-state index contributed by atoms with van der Waals surface area (Å²) >= 11 is 1.39. The molecule has 1 N–H and O–H groups in total. The highest BCUT2D eigenvalue weighted by atomic mass is 32.2.